The van der Waals surface area contributed by atoms with E-state index in [9.17, 15) is 0 Å². The van der Waals surface area contributed by atoms with Gasteiger partial charge in [0.2, 0.25) is 0 Å². The van der Waals surface area contributed by atoms with Crippen molar-refractivity contribution < 1.29 is 0 Å². The van der Waals surface area contributed by atoms with Crippen LogP contribution in [0.2, 0.25) is 0 Å². The molecule has 2 rings (SSSR count). The molecule has 0 radical (unpaired) electrons. The average molecular weight is 231 g/mol. The van der Waals surface area contributed by atoms with Crippen molar-refractivity contribution >= 4 is 0 Å². The van der Waals surface area contributed by atoms with E-state index in [1.54, 1.807) is 5.56 Å². The van der Waals surface area contributed by atoms with Gasteiger partial charge in [0.05, 0.1) is 0 Å². The summed E-state index contributed by atoms with van der Waals surface area (Å²) in [5.41, 5.74) is 4.54. The highest BCUT2D eigenvalue weighted by molar-refractivity contribution is 5.36. The minimum absolute atomic E-state index is 0.759. The van der Waals surface area contributed by atoms with Gasteiger partial charge in [-0.25, -0.2) is 0 Å². The highest BCUT2D eigenvalue weighted by Gasteiger charge is 2.21. The van der Waals surface area contributed by atoms with Gasteiger partial charge in [-0.05, 0) is 68.8 Å². The van der Waals surface area contributed by atoms with Gasteiger partial charge in [0.15, 0.2) is 0 Å². The zero-order chi connectivity index (χ0) is 12.3. The van der Waals surface area contributed by atoms with Crippen LogP contribution in [0.3, 0.4) is 0 Å². The number of benzene rings is 1. The van der Waals surface area contributed by atoms with Crippen molar-refractivity contribution in [1.82, 2.24) is 4.90 Å². The lowest BCUT2D eigenvalue weighted by atomic mass is 9.86. The number of aryl methyl sites for hydroxylation is 1. The van der Waals surface area contributed by atoms with Crippen LogP contribution >= 0.6 is 0 Å². The fourth-order valence-electron chi connectivity index (χ4n) is 3.04. The van der Waals surface area contributed by atoms with Gasteiger partial charge in [-0.2, -0.15) is 0 Å². The van der Waals surface area contributed by atoms with Crippen LogP contribution < -0.4 is 0 Å². The van der Waals surface area contributed by atoms with E-state index < -0.39 is 0 Å². The lowest BCUT2D eigenvalue weighted by Crippen LogP contribution is -2.35. The maximum absolute atomic E-state index is 2.63. The molecule has 1 atom stereocenters. The molecule has 1 heteroatoms. The molecule has 0 unspecified atom stereocenters. The summed E-state index contributed by atoms with van der Waals surface area (Å²) in [5, 5.41) is 0. The molecule has 0 aliphatic carbocycles. The number of nitrogens with zero attached hydrogens (tertiary/aromatic N) is 1. The maximum atomic E-state index is 2.63. The summed E-state index contributed by atoms with van der Waals surface area (Å²) < 4.78 is 0. The summed E-state index contributed by atoms with van der Waals surface area (Å²) >= 11 is 0. The highest BCUT2D eigenvalue weighted by atomic mass is 15.1. The second-order valence-electron chi connectivity index (χ2n) is 5.43. The first-order valence-electron chi connectivity index (χ1n) is 7.00. The van der Waals surface area contributed by atoms with Crippen molar-refractivity contribution in [2.24, 2.45) is 0 Å². The van der Waals surface area contributed by atoms with Gasteiger partial charge in [0.25, 0.3) is 0 Å². The van der Waals surface area contributed by atoms with Crippen LogP contribution in [0.25, 0.3) is 0 Å². The third kappa shape index (κ3) is 2.90. The smallest absolute Gasteiger partial charge is 0.00504 e. The molecule has 0 amide bonds. The van der Waals surface area contributed by atoms with Crippen LogP contribution in [0.5, 0.6) is 0 Å². The van der Waals surface area contributed by atoms with Crippen LogP contribution in [0.15, 0.2) is 18.2 Å². The molecule has 0 saturated carbocycles. The quantitative estimate of drug-likeness (QED) is 0.763. The van der Waals surface area contributed by atoms with E-state index >= 15 is 0 Å². The van der Waals surface area contributed by atoms with E-state index in [0.717, 1.165) is 5.92 Å². The number of hydrogen-bond donors (Lipinski definition) is 0. The molecule has 17 heavy (non-hydrogen) atoms. The molecule has 0 spiro atoms. The normalized spacial score (nSPS) is 21.7. The lowest BCUT2D eigenvalue weighted by Gasteiger charge is -2.33. The van der Waals surface area contributed by atoms with Crippen LogP contribution in [0, 0.1) is 13.8 Å². The Kier molecular flexibility index (Phi) is 4.22. The van der Waals surface area contributed by atoms with Gasteiger partial charge >= 0.3 is 0 Å². The van der Waals surface area contributed by atoms with Crippen molar-refractivity contribution in [3.05, 3.63) is 34.9 Å². The summed E-state index contributed by atoms with van der Waals surface area (Å²) in [6, 6.07) is 6.78. The fourth-order valence-corrected chi connectivity index (χ4v) is 3.04. The number of hydrogen-bond acceptors (Lipinski definition) is 1. The SMILES string of the molecule is CCCN1CCC[C@@H](c2cccc(C)c2C)C1. The van der Waals surface area contributed by atoms with Gasteiger partial charge in [-0.15, -0.1) is 0 Å². The predicted octanol–water partition coefficient (Wildman–Crippen LogP) is 3.89. The topological polar surface area (TPSA) is 3.24 Å². The van der Waals surface area contributed by atoms with E-state index in [0.29, 0.717) is 0 Å². The van der Waals surface area contributed by atoms with E-state index in [1.165, 1.54) is 50.0 Å². The van der Waals surface area contributed by atoms with E-state index in [-0.39, 0.29) is 0 Å². The molecule has 1 aliphatic heterocycles. The summed E-state index contributed by atoms with van der Waals surface area (Å²) in [5.74, 6) is 0.759. The zero-order valence-corrected chi connectivity index (χ0v) is 11.5. The Morgan fingerprint density at radius 2 is 2.12 bits per heavy atom. The van der Waals surface area contributed by atoms with Crippen LogP contribution in [-0.2, 0) is 0 Å². The van der Waals surface area contributed by atoms with Crippen molar-refractivity contribution in [1.29, 1.82) is 0 Å². The van der Waals surface area contributed by atoms with Crippen molar-refractivity contribution in [3.8, 4) is 0 Å². The van der Waals surface area contributed by atoms with E-state index in [1.807, 2.05) is 0 Å². The van der Waals surface area contributed by atoms with Crippen molar-refractivity contribution in [3.63, 3.8) is 0 Å². The molecular formula is C16H25N. The second kappa shape index (κ2) is 5.68. The van der Waals surface area contributed by atoms with Gasteiger partial charge in [0.1, 0.15) is 0 Å². The average Bonchev–Trinajstić information content (AvgIpc) is 2.33. The van der Waals surface area contributed by atoms with Crippen molar-refractivity contribution in [2.75, 3.05) is 19.6 Å². The molecule has 94 valence electrons. The minimum atomic E-state index is 0.759. The third-order valence-corrected chi connectivity index (χ3v) is 4.13. The number of likely N-dealkylation sites (tertiary alicyclic amines) is 1. The molecule has 1 aromatic rings. The summed E-state index contributed by atoms with van der Waals surface area (Å²) in [6.45, 7) is 10.6. The first-order valence-corrected chi connectivity index (χ1v) is 7.00. The Labute approximate surface area is 106 Å². The molecule has 0 bridgehead atoms. The van der Waals surface area contributed by atoms with Gasteiger partial charge in [0, 0.05) is 6.54 Å². The first kappa shape index (κ1) is 12.6. The molecule has 0 aromatic heterocycles. The number of piperidine rings is 1. The largest absolute Gasteiger partial charge is 0.303 e. The van der Waals surface area contributed by atoms with Crippen molar-refractivity contribution in [2.45, 2.75) is 46.0 Å². The standard InChI is InChI=1S/C16H25N/c1-4-10-17-11-6-8-15(12-17)16-9-5-7-13(2)14(16)3/h5,7,9,15H,4,6,8,10-12H2,1-3H3/t15-/m1/s1. The summed E-state index contributed by atoms with van der Waals surface area (Å²) in [6.07, 6.45) is 4.00. The molecule has 1 saturated heterocycles. The third-order valence-electron chi connectivity index (χ3n) is 4.13. The summed E-state index contributed by atoms with van der Waals surface area (Å²) in [7, 11) is 0. The van der Waals surface area contributed by atoms with Gasteiger partial charge < -0.3 is 4.90 Å². The Balaban J connectivity index is 2.13. The Morgan fingerprint density at radius 1 is 1.29 bits per heavy atom. The molecule has 1 aromatic carbocycles. The maximum Gasteiger partial charge on any atom is 0.00504 e. The molecule has 1 fully saturated rings. The van der Waals surface area contributed by atoms with Gasteiger partial charge in [-0.3, -0.25) is 0 Å². The molecule has 0 N–H and O–H groups in total. The molecular weight excluding hydrogens is 206 g/mol. The molecule has 1 aliphatic rings. The van der Waals surface area contributed by atoms with Crippen LogP contribution in [0.4, 0.5) is 0 Å². The first-order chi connectivity index (χ1) is 8.22. The fraction of sp³-hybridized carbons (Fsp3) is 0.625. The Morgan fingerprint density at radius 3 is 2.88 bits per heavy atom. The Bertz CT molecular complexity index is 368. The molecule has 1 nitrogen and oxygen atoms in total. The zero-order valence-electron chi connectivity index (χ0n) is 11.5. The van der Waals surface area contributed by atoms with Crippen LogP contribution in [0.1, 0.15) is 48.8 Å². The highest BCUT2D eigenvalue weighted by Crippen LogP contribution is 2.30. The van der Waals surface area contributed by atoms with E-state index in [4.69, 9.17) is 0 Å². The minimum Gasteiger partial charge on any atom is -0.303 e. The van der Waals surface area contributed by atoms with E-state index in [2.05, 4.69) is 43.9 Å². The predicted molar refractivity (Wildman–Crippen MR) is 74.6 cm³/mol. The number of rotatable bonds is 3. The lowest BCUT2D eigenvalue weighted by molar-refractivity contribution is 0.208. The monoisotopic (exact) mass is 231 g/mol. The van der Waals surface area contributed by atoms with Gasteiger partial charge in [-0.1, -0.05) is 25.1 Å². The molecule has 1 heterocycles. The summed E-state index contributed by atoms with van der Waals surface area (Å²) in [4.78, 5) is 2.63. The van der Waals surface area contributed by atoms with Crippen LogP contribution in [-0.4, -0.2) is 24.5 Å². The second-order valence-corrected chi connectivity index (χ2v) is 5.43. The Hall–Kier alpha value is -0.820.